The van der Waals surface area contributed by atoms with E-state index in [-0.39, 0.29) is 37.0 Å². The number of nitrogens with one attached hydrogen (secondary N) is 2. The molecule has 2 aliphatic heterocycles. The van der Waals surface area contributed by atoms with Crippen molar-refractivity contribution in [3.8, 4) is 11.5 Å². The number of fused-ring (bicyclic) bond motifs is 1. The van der Waals surface area contributed by atoms with Crippen LogP contribution in [0.1, 0.15) is 40.0 Å². The van der Waals surface area contributed by atoms with Crippen LogP contribution in [0.2, 0.25) is 0 Å². The summed E-state index contributed by atoms with van der Waals surface area (Å²) in [6.45, 7) is 0.194. The van der Waals surface area contributed by atoms with Crippen molar-refractivity contribution in [1.29, 1.82) is 0 Å². The van der Waals surface area contributed by atoms with E-state index in [0.717, 1.165) is 0 Å². The van der Waals surface area contributed by atoms with Crippen LogP contribution >= 0.6 is 0 Å². The second-order valence-corrected chi connectivity index (χ2v) is 7.73. The zero-order valence-electron chi connectivity index (χ0n) is 17.4. The third-order valence-corrected chi connectivity index (χ3v) is 5.62. The lowest BCUT2D eigenvalue weighted by molar-refractivity contribution is -0.0893. The van der Waals surface area contributed by atoms with E-state index in [0.29, 0.717) is 42.9 Å². The summed E-state index contributed by atoms with van der Waals surface area (Å²) in [5.74, 6) is -0.216. The van der Waals surface area contributed by atoms with Crippen LogP contribution < -0.4 is 20.1 Å². The predicted octanol–water partition coefficient (Wildman–Crippen LogP) is 2.01. The smallest absolute Gasteiger partial charge is 0.254 e. The summed E-state index contributed by atoms with van der Waals surface area (Å²) in [6.07, 6.45) is 1.03. The number of rotatable bonds is 7. The van der Waals surface area contributed by atoms with Crippen molar-refractivity contribution in [2.45, 2.75) is 37.5 Å². The molecule has 1 saturated heterocycles. The quantitative estimate of drug-likeness (QED) is 0.603. The molecule has 170 valence electrons. The van der Waals surface area contributed by atoms with Crippen molar-refractivity contribution in [1.82, 2.24) is 10.6 Å². The van der Waals surface area contributed by atoms with Crippen LogP contribution in [0.4, 0.5) is 4.39 Å². The minimum Gasteiger partial charge on any atom is -0.454 e. The molecule has 32 heavy (non-hydrogen) atoms. The van der Waals surface area contributed by atoms with Crippen LogP contribution in [0, 0.1) is 5.82 Å². The number of benzene rings is 2. The Morgan fingerprint density at radius 3 is 2.69 bits per heavy atom. The number of hydrogen-bond acceptors (Lipinski definition) is 6. The van der Waals surface area contributed by atoms with Crippen molar-refractivity contribution in [2.24, 2.45) is 0 Å². The summed E-state index contributed by atoms with van der Waals surface area (Å²) in [7, 11) is 0. The zero-order chi connectivity index (χ0) is 22.5. The average molecular weight is 444 g/mol. The Balaban J connectivity index is 1.26. The fourth-order valence-electron chi connectivity index (χ4n) is 3.89. The lowest BCUT2D eigenvalue weighted by atomic mass is 9.96. The Hall–Kier alpha value is -3.17. The van der Waals surface area contributed by atoms with Crippen molar-refractivity contribution in [3.05, 3.63) is 59.4 Å². The monoisotopic (exact) mass is 444 g/mol. The van der Waals surface area contributed by atoms with Crippen LogP contribution in [0.3, 0.4) is 0 Å². The molecule has 4 rings (SSSR count). The van der Waals surface area contributed by atoms with E-state index in [2.05, 4.69) is 10.6 Å². The molecule has 2 amide bonds. The van der Waals surface area contributed by atoms with Gasteiger partial charge in [0.15, 0.2) is 11.5 Å². The van der Waals surface area contributed by atoms with E-state index in [4.69, 9.17) is 14.2 Å². The highest BCUT2D eigenvalue weighted by molar-refractivity contribution is 5.95. The molecule has 1 fully saturated rings. The van der Waals surface area contributed by atoms with Gasteiger partial charge in [-0.3, -0.25) is 9.59 Å². The maximum absolute atomic E-state index is 13.7. The molecular formula is C23H25FN2O6. The first-order valence-corrected chi connectivity index (χ1v) is 10.5. The van der Waals surface area contributed by atoms with E-state index in [1.165, 1.54) is 18.2 Å². The molecule has 2 heterocycles. The second-order valence-electron chi connectivity index (χ2n) is 7.73. The zero-order valence-corrected chi connectivity index (χ0v) is 17.4. The summed E-state index contributed by atoms with van der Waals surface area (Å²) in [6, 6.07) is 10.4. The Morgan fingerprint density at radius 1 is 1.06 bits per heavy atom. The summed E-state index contributed by atoms with van der Waals surface area (Å²) in [4.78, 5) is 24.8. The first-order valence-electron chi connectivity index (χ1n) is 10.5. The van der Waals surface area contributed by atoms with Gasteiger partial charge in [0.2, 0.25) is 6.79 Å². The van der Waals surface area contributed by atoms with Crippen LogP contribution in [-0.2, 0) is 4.74 Å². The SMILES string of the molecule is O=C(N[C@H]1CC[C@@H](CCNC(=O)c2ccccc2F)O[C@H]1CO)c1ccc2c(c1)OCO2. The highest BCUT2D eigenvalue weighted by Crippen LogP contribution is 2.32. The molecule has 0 bridgehead atoms. The molecule has 0 aromatic heterocycles. The van der Waals surface area contributed by atoms with E-state index < -0.39 is 17.8 Å². The van der Waals surface area contributed by atoms with E-state index in [1.54, 1.807) is 24.3 Å². The third-order valence-electron chi connectivity index (χ3n) is 5.62. The summed E-state index contributed by atoms with van der Waals surface area (Å²) in [5, 5.41) is 15.4. The third kappa shape index (κ3) is 5.00. The van der Waals surface area contributed by atoms with Gasteiger partial charge in [-0.05, 0) is 49.6 Å². The molecule has 2 aromatic rings. The van der Waals surface area contributed by atoms with Gasteiger partial charge in [0, 0.05) is 12.1 Å². The molecule has 2 aliphatic rings. The fourth-order valence-corrected chi connectivity index (χ4v) is 3.89. The number of hydrogen-bond donors (Lipinski definition) is 3. The van der Waals surface area contributed by atoms with Crippen molar-refractivity contribution < 1.29 is 33.3 Å². The van der Waals surface area contributed by atoms with Crippen molar-refractivity contribution in [3.63, 3.8) is 0 Å². The molecule has 0 radical (unpaired) electrons. The number of ether oxygens (including phenoxy) is 3. The molecule has 3 N–H and O–H groups in total. The van der Waals surface area contributed by atoms with E-state index >= 15 is 0 Å². The summed E-state index contributed by atoms with van der Waals surface area (Å²) in [5.41, 5.74) is 0.431. The van der Waals surface area contributed by atoms with E-state index in [9.17, 15) is 19.1 Å². The van der Waals surface area contributed by atoms with Gasteiger partial charge in [-0.1, -0.05) is 12.1 Å². The van der Waals surface area contributed by atoms with Crippen LogP contribution in [0.15, 0.2) is 42.5 Å². The molecule has 8 nitrogen and oxygen atoms in total. The van der Waals surface area contributed by atoms with Crippen LogP contribution in [0.5, 0.6) is 11.5 Å². The standard InChI is InChI=1S/C23H25FN2O6/c24-17-4-2-1-3-16(17)23(29)25-10-9-15-6-7-18(21(12-27)32-15)26-22(28)14-5-8-19-20(11-14)31-13-30-19/h1-5,8,11,15,18,21,27H,6-7,9-10,12-13H2,(H,25,29)(H,26,28)/t15-,18-,21-/m0/s1. The van der Waals surface area contributed by atoms with Gasteiger partial charge in [0.1, 0.15) is 11.9 Å². The number of halogens is 1. The van der Waals surface area contributed by atoms with Crippen LogP contribution in [0.25, 0.3) is 0 Å². The lowest BCUT2D eigenvalue weighted by Gasteiger charge is -2.36. The predicted molar refractivity (Wildman–Crippen MR) is 112 cm³/mol. The lowest BCUT2D eigenvalue weighted by Crippen LogP contribution is -2.51. The largest absolute Gasteiger partial charge is 0.454 e. The molecule has 0 aliphatic carbocycles. The average Bonchev–Trinajstić information content (AvgIpc) is 3.28. The van der Waals surface area contributed by atoms with Gasteiger partial charge >= 0.3 is 0 Å². The summed E-state index contributed by atoms with van der Waals surface area (Å²) >= 11 is 0. The number of aliphatic hydroxyl groups excluding tert-OH is 1. The number of carbonyl (C=O) groups excluding carboxylic acids is 2. The normalized spacial score (nSPS) is 21.8. The van der Waals surface area contributed by atoms with Gasteiger partial charge in [-0.15, -0.1) is 0 Å². The summed E-state index contributed by atoms with van der Waals surface area (Å²) < 4.78 is 30.2. The first-order chi connectivity index (χ1) is 15.5. The Bertz CT molecular complexity index is 985. The topological polar surface area (TPSA) is 106 Å². The number of amides is 2. The molecule has 0 unspecified atom stereocenters. The van der Waals surface area contributed by atoms with Gasteiger partial charge in [0.05, 0.1) is 24.3 Å². The van der Waals surface area contributed by atoms with Crippen molar-refractivity contribution >= 4 is 11.8 Å². The van der Waals surface area contributed by atoms with Gasteiger partial charge < -0.3 is 30.0 Å². The number of carbonyl (C=O) groups is 2. The van der Waals surface area contributed by atoms with Gasteiger partial charge in [0.25, 0.3) is 11.8 Å². The fraction of sp³-hybridized carbons (Fsp3) is 0.391. The highest BCUT2D eigenvalue weighted by atomic mass is 19.1. The maximum atomic E-state index is 13.7. The first kappa shape index (κ1) is 22.0. The minimum atomic E-state index is -0.569. The Kier molecular flexibility index (Phi) is 6.87. The Morgan fingerprint density at radius 2 is 1.88 bits per heavy atom. The van der Waals surface area contributed by atoms with Crippen molar-refractivity contribution in [2.75, 3.05) is 19.9 Å². The molecule has 0 saturated carbocycles. The van der Waals surface area contributed by atoms with Crippen LogP contribution in [-0.4, -0.2) is 55.1 Å². The molecular weight excluding hydrogens is 419 g/mol. The molecule has 2 aromatic carbocycles. The molecule has 0 spiro atoms. The maximum Gasteiger partial charge on any atom is 0.254 e. The van der Waals surface area contributed by atoms with E-state index in [1.807, 2.05) is 0 Å². The highest BCUT2D eigenvalue weighted by Gasteiger charge is 2.32. The van der Waals surface area contributed by atoms with Gasteiger partial charge in [-0.25, -0.2) is 4.39 Å². The second kappa shape index (κ2) is 9.97. The minimum absolute atomic E-state index is 0.00316. The molecule has 9 heteroatoms. The molecule has 3 atom stereocenters. The van der Waals surface area contributed by atoms with Gasteiger partial charge in [-0.2, -0.15) is 0 Å². The Labute approximate surface area is 184 Å². The number of aliphatic hydroxyl groups is 1.